The molecule has 3 rings (SSSR count). The fraction of sp³-hybridized carbons (Fsp3) is 0.154. The summed E-state index contributed by atoms with van der Waals surface area (Å²) in [6, 6.07) is 3.65. The van der Waals surface area contributed by atoms with Crippen LogP contribution in [-0.2, 0) is 0 Å². The van der Waals surface area contributed by atoms with Crippen LogP contribution in [0.15, 0.2) is 26.5 Å². The van der Waals surface area contributed by atoms with Gasteiger partial charge in [0.05, 0.1) is 5.52 Å². The van der Waals surface area contributed by atoms with Crippen LogP contribution in [0.3, 0.4) is 0 Å². The lowest BCUT2D eigenvalue weighted by Gasteiger charge is -2.05. The van der Waals surface area contributed by atoms with E-state index in [1.54, 1.807) is 13.0 Å². The van der Waals surface area contributed by atoms with Gasteiger partial charge >= 0.3 is 0 Å². The predicted molar refractivity (Wildman–Crippen MR) is 72.8 cm³/mol. The molecular formula is C13H11N3O3. The summed E-state index contributed by atoms with van der Waals surface area (Å²) >= 11 is 0. The van der Waals surface area contributed by atoms with Crippen LogP contribution in [-0.4, -0.2) is 15.2 Å². The molecular weight excluding hydrogens is 246 g/mol. The molecule has 1 aromatic carbocycles. The molecule has 0 amide bonds. The first-order valence-electron chi connectivity index (χ1n) is 5.77. The highest BCUT2D eigenvalue weighted by Gasteiger charge is 2.13. The first kappa shape index (κ1) is 11.5. The van der Waals surface area contributed by atoms with E-state index >= 15 is 0 Å². The van der Waals surface area contributed by atoms with E-state index < -0.39 is 16.5 Å². The molecule has 0 unspecified atom stereocenters. The fourth-order valence-corrected chi connectivity index (χ4v) is 2.43. The van der Waals surface area contributed by atoms with Crippen LogP contribution in [0, 0.1) is 13.8 Å². The summed E-state index contributed by atoms with van der Waals surface area (Å²) in [6.45, 7) is 3.70. The number of hydrogen-bond acceptors (Lipinski definition) is 3. The summed E-state index contributed by atoms with van der Waals surface area (Å²) in [6.07, 6.45) is 0. The van der Waals surface area contributed by atoms with Crippen LogP contribution >= 0.6 is 0 Å². The second-order valence-corrected chi connectivity index (χ2v) is 4.62. The Morgan fingerprint density at radius 3 is 2.32 bits per heavy atom. The third-order valence-electron chi connectivity index (χ3n) is 3.19. The summed E-state index contributed by atoms with van der Waals surface area (Å²) in [5.41, 5.74) is 0.774. The molecule has 0 aliphatic carbocycles. The van der Waals surface area contributed by atoms with Crippen LogP contribution < -0.4 is 16.5 Å². The molecule has 0 saturated heterocycles. The quantitative estimate of drug-likeness (QED) is 0.516. The van der Waals surface area contributed by atoms with Gasteiger partial charge in [-0.2, -0.15) is 0 Å². The van der Waals surface area contributed by atoms with Crippen LogP contribution in [0.25, 0.3) is 21.8 Å². The van der Waals surface area contributed by atoms with Gasteiger partial charge in [-0.15, -0.1) is 0 Å². The molecule has 3 aromatic rings. The Morgan fingerprint density at radius 2 is 1.58 bits per heavy atom. The van der Waals surface area contributed by atoms with E-state index in [9.17, 15) is 14.4 Å². The van der Waals surface area contributed by atoms with E-state index in [2.05, 4.69) is 15.2 Å². The Balaban J connectivity index is 2.77. The lowest BCUT2D eigenvalue weighted by molar-refractivity contribution is 0.970. The summed E-state index contributed by atoms with van der Waals surface area (Å²) in [4.78, 5) is 38.7. The molecule has 0 bridgehead atoms. The monoisotopic (exact) mass is 257 g/mol. The number of hydrogen-bond donors (Lipinski definition) is 3. The van der Waals surface area contributed by atoms with Crippen molar-refractivity contribution in [1.82, 2.24) is 15.2 Å². The minimum atomic E-state index is -0.599. The largest absolute Gasteiger partial charge is 0.350 e. The molecule has 6 nitrogen and oxygen atoms in total. The molecule has 96 valence electrons. The Kier molecular flexibility index (Phi) is 2.22. The van der Waals surface area contributed by atoms with Crippen molar-refractivity contribution in [2.75, 3.05) is 0 Å². The Labute approximate surface area is 106 Å². The zero-order valence-electron chi connectivity index (χ0n) is 10.4. The maximum absolute atomic E-state index is 12.4. The first-order chi connectivity index (χ1) is 8.99. The number of rotatable bonds is 0. The van der Waals surface area contributed by atoms with E-state index in [-0.39, 0.29) is 10.9 Å². The lowest BCUT2D eigenvalue weighted by Crippen LogP contribution is -2.26. The molecule has 0 aliphatic heterocycles. The van der Waals surface area contributed by atoms with Gasteiger partial charge in [0.25, 0.3) is 11.1 Å². The maximum Gasteiger partial charge on any atom is 0.287 e. The average molecular weight is 257 g/mol. The van der Waals surface area contributed by atoms with Gasteiger partial charge < -0.3 is 4.98 Å². The molecule has 0 spiro atoms. The van der Waals surface area contributed by atoms with Crippen molar-refractivity contribution >= 4 is 21.8 Å². The van der Waals surface area contributed by atoms with E-state index in [1.807, 2.05) is 13.0 Å². The molecule has 0 aliphatic rings. The van der Waals surface area contributed by atoms with Crippen LogP contribution in [0.5, 0.6) is 0 Å². The minimum Gasteiger partial charge on any atom is -0.350 e. The number of aryl methyl sites for hydroxylation is 2. The number of aromatic amines is 3. The van der Waals surface area contributed by atoms with Gasteiger partial charge in [0.2, 0.25) is 5.43 Å². The summed E-state index contributed by atoms with van der Waals surface area (Å²) in [5.74, 6) is 0. The van der Waals surface area contributed by atoms with Crippen LogP contribution in [0.4, 0.5) is 0 Å². The van der Waals surface area contributed by atoms with Crippen LogP contribution in [0.2, 0.25) is 0 Å². The van der Waals surface area contributed by atoms with Crippen molar-refractivity contribution in [3.05, 3.63) is 54.2 Å². The highest BCUT2D eigenvalue weighted by Crippen LogP contribution is 2.16. The number of H-pyrrole nitrogens is 3. The van der Waals surface area contributed by atoms with Gasteiger partial charge in [-0.1, -0.05) is 6.07 Å². The van der Waals surface area contributed by atoms with Crippen molar-refractivity contribution < 1.29 is 0 Å². The second kappa shape index (κ2) is 3.68. The van der Waals surface area contributed by atoms with Crippen molar-refractivity contribution in [3.8, 4) is 0 Å². The third-order valence-corrected chi connectivity index (χ3v) is 3.19. The zero-order chi connectivity index (χ0) is 13.7. The SMILES string of the molecule is Cc1cc(C)c2c(=O)c3c(=O)[nH][nH]c(=O)c3[nH]c2c1. The lowest BCUT2D eigenvalue weighted by atomic mass is 10.0. The molecule has 2 aromatic heterocycles. The number of benzene rings is 1. The zero-order valence-corrected chi connectivity index (χ0v) is 10.4. The number of pyridine rings is 1. The average Bonchev–Trinajstić information content (AvgIpc) is 2.32. The van der Waals surface area contributed by atoms with Gasteiger partial charge in [-0.3, -0.25) is 24.6 Å². The van der Waals surface area contributed by atoms with Gasteiger partial charge in [0.1, 0.15) is 10.9 Å². The topological polar surface area (TPSA) is 98.6 Å². The fourth-order valence-electron chi connectivity index (χ4n) is 2.43. The van der Waals surface area contributed by atoms with Crippen molar-refractivity contribution in [1.29, 1.82) is 0 Å². The van der Waals surface area contributed by atoms with Gasteiger partial charge in [0.15, 0.2) is 0 Å². The van der Waals surface area contributed by atoms with Gasteiger partial charge in [-0.25, -0.2) is 0 Å². The highest BCUT2D eigenvalue weighted by molar-refractivity contribution is 5.93. The molecule has 0 fully saturated rings. The Bertz CT molecular complexity index is 992. The van der Waals surface area contributed by atoms with E-state index in [4.69, 9.17) is 0 Å². The Morgan fingerprint density at radius 1 is 0.895 bits per heavy atom. The van der Waals surface area contributed by atoms with E-state index in [0.717, 1.165) is 11.1 Å². The summed E-state index contributed by atoms with van der Waals surface area (Å²) in [5, 5.41) is 4.67. The predicted octanol–water partition coefficient (Wildman–Crippen LogP) is 0.675. The first-order valence-corrected chi connectivity index (χ1v) is 5.77. The van der Waals surface area contributed by atoms with Crippen LogP contribution in [0.1, 0.15) is 11.1 Å². The molecule has 3 N–H and O–H groups in total. The molecule has 0 saturated carbocycles. The number of aromatic nitrogens is 3. The minimum absolute atomic E-state index is 0.00579. The molecule has 2 heterocycles. The van der Waals surface area contributed by atoms with E-state index in [0.29, 0.717) is 10.9 Å². The normalized spacial score (nSPS) is 11.3. The molecule has 19 heavy (non-hydrogen) atoms. The Hall–Kier alpha value is -2.63. The number of fused-ring (bicyclic) bond motifs is 2. The molecule has 0 atom stereocenters. The van der Waals surface area contributed by atoms with Crippen molar-refractivity contribution in [2.45, 2.75) is 13.8 Å². The third kappa shape index (κ3) is 1.53. The van der Waals surface area contributed by atoms with Gasteiger partial charge in [-0.05, 0) is 31.0 Å². The van der Waals surface area contributed by atoms with E-state index in [1.165, 1.54) is 0 Å². The van der Waals surface area contributed by atoms with Gasteiger partial charge in [0, 0.05) is 5.39 Å². The molecule has 6 heteroatoms. The maximum atomic E-state index is 12.4. The second-order valence-electron chi connectivity index (χ2n) is 4.62. The smallest absolute Gasteiger partial charge is 0.287 e. The van der Waals surface area contributed by atoms with Crippen molar-refractivity contribution in [3.63, 3.8) is 0 Å². The summed E-state index contributed by atoms with van der Waals surface area (Å²) < 4.78 is 0. The summed E-state index contributed by atoms with van der Waals surface area (Å²) in [7, 11) is 0. The number of nitrogens with one attached hydrogen (secondary N) is 3. The molecule has 0 radical (unpaired) electrons. The standard InChI is InChI=1S/C13H11N3O3/c1-5-3-6(2)8-7(4-5)14-10-9(11(8)17)12(18)15-16-13(10)19/h3-4H,1-2H3,(H,14,17)(H,15,18)(H,16,19). The van der Waals surface area contributed by atoms with Crippen molar-refractivity contribution in [2.24, 2.45) is 0 Å². The highest BCUT2D eigenvalue weighted by atomic mass is 16.2.